The summed E-state index contributed by atoms with van der Waals surface area (Å²) in [5.41, 5.74) is 9.08. The molecule has 2 aromatic rings. The molecule has 0 spiro atoms. The number of methoxy groups -OCH3 is 1. The van der Waals surface area contributed by atoms with Crippen LogP contribution >= 0.6 is 0 Å². The monoisotopic (exact) mass is 328 g/mol. The smallest absolute Gasteiger partial charge is 0.164 e. The fourth-order valence-corrected chi connectivity index (χ4v) is 2.90. The molecule has 0 aliphatic heterocycles. The van der Waals surface area contributed by atoms with Gasteiger partial charge in [-0.25, -0.2) is 0 Å². The first-order valence-electron chi connectivity index (χ1n) is 8.58. The lowest BCUT2D eigenvalue weighted by atomic mass is 10.1. The Labute approximate surface area is 145 Å². The summed E-state index contributed by atoms with van der Waals surface area (Å²) >= 11 is 0. The summed E-state index contributed by atoms with van der Waals surface area (Å²) in [4.78, 5) is 2.38. The third-order valence-electron chi connectivity index (χ3n) is 4.04. The van der Waals surface area contributed by atoms with Crippen molar-refractivity contribution in [1.29, 1.82) is 0 Å². The molecule has 0 saturated heterocycles. The van der Waals surface area contributed by atoms with Crippen LogP contribution in [-0.2, 0) is 6.42 Å². The minimum atomic E-state index is 0.610. The highest BCUT2D eigenvalue weighted by atomic mass is 16.5. The molecule has 0 fully saturated rings. The molecule has 0 unspecified atom stereocenters. The van der Waals surface area contributed by atoms with Crippen LogP contribution in [0.1, 0.15) is 25.8 Å². The van der Waals surface area contributed by atoms with E-state index < -0.39 is 0 Å². The van der Waals surface area contributed by atoms with Gasteiger partial charge in [-0.15, -0.1) is 0 Å². The molecular weight excluding hydrogens is 300 g/mol. The van der Waals surface area contributed by atoms with Gasteiger partial charge >= 0.3 is 0 Å². The number of aryl methyl sites for hydroxylation is 1. The third-order valence-corrected chi connectivity index (χ3v) is 4.04. The first-order valence-corrected chi connectivity index (χ1v) is 8.58. The van der Waals surface area contributed by atoms with Crippen molar-refractivity contribution in [3.8, 4) is 11.5 Å². The Balaban J connectivity index is 2.07. The van der Waals surface area contributed by atoms with Gasteiger partial charge in [-0.2, -0.15) is 0 Å². The zero-order valence-electron chi connectivity index (χ0n) is 14.9. The van der Waals surface area contributed by atoms with Gasteiger partial charge in [0, 0.05) is 36.1 Å². The van der Waals surface area contributed by atoms with Crippen molar-refractivity contribution in [1.82, 2.24) is 0 Å². The van der Waals surface area contributed by atoms with Gasteiger partial charge in [0.1, 0.15) is 0 Å². The van der Waals surface area contributed by atoms with E-state index in [0.717, 1.165) is 37.2 Å². The largest absolute Gasteiger partial charge is 0.493 e. The Morgan fingerprint density at radius 2 is 1.83 bits per heavy atom. The zero-order valence-corrected chi connectivity index (χ0v) is 14.9. The highest BCUT2D eigenvalue weighted by Gasteiger charge is 2.13. The lowest BCUT2D eigenvalue weighted by molar-refractivity contribution is 0.307. The van der Waals surface area contributed by atoms with Crippen LogP contribution in [0.2, 0.25) is 0 Å². The van der Waals surface area contributed by atoms with E-state index in [-0.39, 0.29) is 0 Å². The predicted molar refractivity (Wildman–Crippen MR) is 101 cm³/mol. The minimum absolute atomic E-state index is 0.610. The van der Waals surface area contributed by atoms with E-state index in [4.69, 9.17) is 15.2 Å². The Bertz CT molecular complexity index is 629. The number of nitrogens with zero attached hydrogens (tertiary/aromatic N) is 1. The molecule has 0 bridgehead atoms. The van der Waals surface area contributed by atoms with Gasteiger partial charge in [0.25, 0.3) is 0 Å². The van der Waals surface area contributed by atoms with E-state index in [1.807, 2.05) is 25.1 Å². The molecule has 4 nitrogen and oxygen atoms in total. The second-order valence-electron chi connectivity index (χ2n) is 5.66. The topological polar surface area (TPSA) is 47.7 Å². The summed E-state index contributed by atoms with van der Waals surface area (Å²) in [5, 5.41) is 0. The van der Waals surface area contributed by atoms with Gasteiger partial charge in [0.2, 0.25) is 0 Å². The molecule has 2 aromatic carbocycles. The molecule has 0 amide bonds. The normalized spacial score (nSPS) is 10.5. The second-order valence-corrected chi connectivity index (χ2v) is 5.66. The molecule has 0 atom stereocenters. The SMILES string of the molecule is CCOc1c(CCCN(CC)c2ccccc2)cc(N)cc1OC. The maximum Gasteiger partial charge on any atom is 0.164 e. The van der Waals surface area contributed by atoms with Crippen LogP contribution in [-0.4, -0.2) is 26.8 Å². The Hall–Kier alpha value is -2.36. The van der Waals surface area contributed by atoms with Crippen molar-refractivity contribution in [3.05, 3.63) is 48.0 Å². The number of ether oxygens (including phenoxy) is 2. The number of para-hydroxylation sites is 1. The van der Waals surface area contributed by atoms with Crippen molar-refractivity contribution in [3.63, 3.8) is 0 Å². The van der Waals surface area contributed by atoms with E-state index >= 15 is 0 Å². The molecule has 0 saturated carbocycles. The van der Waals surface area contributed by atoms with Gasteiger partial charge < -0.3 is 20.1 Å². The van der Waals surface area contributed by atoms with E-state index in [0.29, 0.717) is 18.0 Å². The van der Waals surface area contributed by atoms with E-state index in [9.17, 15) is 0 Å². The molecule has 130 valence electrons. The van der Waals surface area contributed by atoms with Gasteiger partial charge in [-0.1, -0.05) is 18.2 Å². The Morgan fingerprint density at radius 1 is 1.08 bits per heavy atom. The highest BCUT2D eigenvalue weighted by Crippen LogP contribution is 2.34. The van der Waals surface area contributed by atoms with Crippen molar-refractivity contribution < 1.29 is 9.47 Å². The Morgan fingerprint density at radius 3 is 2.46 bits per heavy atom. The summed E-state index contributed by atoms with van der Waals surface area (Å²) in [5.74, 6) is 1.53. The maximum absolute atomic E-state index is 6.00. The average molecular weight is 328 g/mol. The molecular formula is C20H28N2O2. The number of hydrogen-bond acceptors (Lipinski definition) is 4. The third kappa shape index (κ3) is 4.57. The first-order chi connectivity index (χ1) is 11.7. The van der Waals surface area contributed by atoms with Crippen LogP contribution in [0.15, 0.2) is 42.5 Å². The number of nitrogens with two attached hydrogens (primary N) is 1. The van der Waals surface area contributed by atoms with Gasteiger partial charge in [0.15, 0.2) is 11.5 Å². The minimum Gasteiger partial charge on any atom is -0.493 e. The second kappa shape index (κ2) is 9.06. The summed E-state index contributed by atoms with van der Waals surface area (Å²) in [7, 11) is 1.65. The molecule has 24 heavy (non-hydrogen) atoms. The van der Waals surface area contributed by atoms with Crippen molar-refractivity contribution in [2.45, 2.75) is 26.7 Å². The van der Waals surface area contributed by atoms with Crippen LogP contribution in [0, 0.1) is 0 Å². The number of nitrogen functional groups attached to an aromatic ring is 1. The fraction of sp³-hybridized carbons (Fsp3) is 0.400. The zero-order chi connectivity index (χ0) is 17.4. The maximum atomic E-state index is 6.00. The summed E-state index contributed by atoms with van der Waals surface area (Å²) in [6.07, 6.45) is 1.93. The van der Waals surface area contributed by atoms with E-state index in [1.165, 1.54) is 5.69 Å². The number of benzene rings is 2. The predicted octanol–water partition coefficient (Wildman–Crippen LogP) is 4.14. The lowest BCUT2D eigenvalue weighted by Crippen LogP contribution is -2.24. The molecule has 0 radical (unpaired) electrons. The molecule has 0 aromatic heterocycles. The van der Waals surface area contributed by atoms with Crippen molar-refractivity contribution in [2.24, 2.45) is 0 Å². The molecule has 0 aliphatic carbocycles. The molecule has 0 heterocycles. The van der Waals surface area contributed by atoms with Crippen LogP contribution in [0.3, 0.4) is 0 Å². The van der Waals surface area contributed by atoms with Crippen molar-refractivity contribution >= 4 is 11.4 Å². The average Bonchev–Trinajstić information content (AvgIpc) is 2.61. The van der Waals surface area contributed by atoms with Gasteiger partial charge in [-0.3, -0.25) is 0 Å². The van der Waals surface area contributed by atoms with Crippen molar-refractivity contribution in [2.75, 3.05) is 37.4 Å². The first kappa shape index (κ1) is 18.0. The summed E-state index contributed by atoms with van der Waals surface area (Å²) in [6, 6.07) is 14.3. The molecule has 2 rings (SSSR count). The standard InChI is InChI=1S/C20H28N2O2/c1-4-22(18-11-7-6-8-12-18)13-9-10-16-14-17(21)15-19(23-3)20(16)24-5-2/h6-8,11-12,14-15H,4-5,9-10,13,21H2,1-3H3. The van der Waals surface area contributed by atoms with E-state index in [1.54, 1.807) is 7.11 Å². The van der Waals surface area contributed by atoms with Crippen LogP contribution in [0.5, 0.6) is 11.5 Å². The molecule has 2 N–H and O–H groups in total. The Kier molecular flexibility index (Phi) is 6.79. The van der Waals surface area contributed by atoms with Crippen LogP contribution < -0.4 is 20.1 Å². The van der Waals surface area contributed by atoms with Gasteiger partial charge in [0.05, 0.1) is 13.7 Å². The quantitative estimate of drug-likeness (QED) is 0.703. The van der Waals surface area contributed by atoms with Gasteiger partial charge in [-0.05, 0) is 44.9 Å². The molecule has 0 aliphatic rings. The van der Waals surface area contributed by atoms with Crippen LogP contribution in [0.4, 0.5) is 11.4 Å². The lowest BCUT2D eigenvalue weighted by Gasteiger charge is -2.23. The highest BCUT2D eigenvalue weighted by molar-refractivity contribution is 5.57. The molecule has 4 heteroatoms. The fourth-order valence-electron chi connectivity index (χ4n) is 2.90. The number of anilines is 2. The number of rotatable bonds is 9. The summed E-state index contributed by atoms with van der Waals surface area (Å²) in [6.45, 7) is 6.75. The van der Waals surface area contributed by atoms with Crippen LogP contribution in [0.25, 0.3) is 0 Å². The summed E-state index contributed by atoms with van der Waals surface area (Å²) < 4.78 is 11.2. The number of hydrogen-bond donors (Lipinski definition) is 1. The van der Waals surface area contributed by atoms with E-state index in [2.05, 4.69) is 36.1 Å².